The number of nitrogens with zero attached hydrogens (tertiary/aromatic N) is 1. The molecule has 0 aliphatic rings. The number of carboxylic acid groups (broad SMARTS) is 1. The van der Waals surface area contributed by atoms with Crippen molar-refractivity contribution < 1.29 is 23.1 Å². The van der Waals surface area contributed by atoms with E-state index in [1.807, 2.05) is 0 Å². The Morgan fingerprint density at radius 2 is 1.80 bits per heavy atom. The van der Waals surface area contributed by atoms with Crippen LogP contribution in [-0.4, -0.2) is 25.2 Å². The zero-order valence-electron chi connectivity index (χ0n) is 10.3. The van der Waals surface area contributed by atoms with Crippen LogP contribution in [-0.2, 0) is 0 Å². The Labute approximate surface area is 114 Å². The number of aromatic carboxylic acids is 1. The zero-order valence-corrected chi connectivity index (χ0v) is 11.1. The van der Waals surface area contributed by atoms with Crippen LogP contribution in [0.3, 0.4) is 0 Å². The van der Waals surface area contributed by atoms with Crippen LogP contribution in [0, 0.1) is 17.5 Å². The molecule has 0 atom stereocenters. The van der Waals surface area contributed by atoms with Crippen molar-refractivity contribution >= 4 is 33.1 Å². The fraction of sp³-hybridized carbons (Fsp3) is 0.167. The second kappa shape index (κ2) is 4.78. The molecular weight excluding hydrogens is 295 g/mol. The lowest BCUT2D eigenvalue weighted by Gasteiger charge is -2.16. The molecule has 2 rings (SSSR count). The summed E-state index contributed by atoms with van der Waals surface area (Å²) in [5, 5.41) is 8.82. The van der Waals surface area contributed by atoms with Crippen molar-refractivity contribution in [1.29, 1.82) is 0 Å². The summed E-state index contributed by atoms with van der Waals surface area (Å²) in [6.07, 6.45) is 0. The molecule has 0 radical (unpaired) electrons. The van der Waals surface area contributed by atoms with E-state index in [9.17, 15) is 22.8 Å². The number of anilines is 1. The first-order chi connectivity index (χ1) is 9.27. The Kier molecular flexibility index (Phi) is 3.43. The highest BCUT2D eigenvalue weighted by Crippen LogP contribution is 2.33. The minimum Gasteiger partial charge on any atom is -0.478 e. The minimum absolute atomic E-state index is 0.414. The van der Waals surface area contributed by atoms with Gasteiger partial charge in [-0.15, -0.1) is 11.3 Å². The molecule has 0 bridgehead atoms. The molecule has 0 spiro atoms. The quantitative estimate of drug-likeness (QED) is 0.866. The van der Waals surface area contributed by atoms with E-state index in [1.165, 1.54) is 14.1 Å². The molecule has 0 saturated carbocycles. The molecule has 0 aliphatic carbocycles. The van der Waals surface area contributed by atoms with Crippen LogP contribution < -0.4 is 10.3 Å². The van der Waals surface area contributed by atoms with Crippen LogP contribution in [0.4, 0.5) is 18.9 Å². The monoisotopic (exact) mass is 303 g/mol. The molecular formula is C12H8F3NO3S. The number of hydrogen-bond donors (Lipinski definition) is 1. The highest BCUT2D eigenvalue weighted by Gasteiger charge is 2.25. The highest BCUT2D eigenvalue weighted by molar-refractivity contribution is 7.16. The number of carboxylic acids is 1. The van der Waals surface area contributed by atoms with Gasteiger partial charge in [0.1, 0.15) is 11.3 Å². The third kappa shape index (κ3) is 1.92. The van der Waals surface area contributed by atoms with Gasteiger partial charge in [0, 0.05) is 19.5 Å². The molecule has 4 nitrogen and oxygen atoms in total. The van der Waals surface area contributed by atoms with Gasteiger partial charge in [0.05, 0.1) is 10.1 Å². The van der Waals surface area contributed by atoms with Crippen LogP contribution in [0.1, 0.15) is 10.4 Å². The molecule has 0 saturated heterocycles. The van der Waals surface area contributed by atoms with E-state index in [0.29, 0.717) is 11.3 Å². The molecule has 2 aromatic rings. The van der Waals surface area contributed by atoms with E-state index in [0.717, 1.165) is 10.3 Å². The fourth-order valence-corrected chi connectivity index (χ4v) is 2.73. The largest absolute Gasteiger partial charge is 0.478 e. The second-order valence-corrected chi connectivity index (χ2v) is 5.05. The third-order valence-corrected chi connectivity index (χ3v) is 3.67. The second-order valence-electron chi connectivity index (χ2n) is 4.17. The molecule has 1 aromatic carbocycles. The summed E-state index contributed by atoms with van der Waals surface area (Å²) in [4.78, 5) is 23.7. The standard InChI is InChI=1S/C12H8F3NO3S/c1-16(2)9-7(14)6(13)5-10(17)4(12(18)19)3-20-11(5)8(9)15/h3H,1-2H3,(H,18,19). The molecule has 0 fully saturated rings. The number of halogens is 3. The Bertz CT molecular complexity index is 786. The number of rotatable bonds is 2. The Morgan fingerprint density at radius 1 is 1.20 bits per heavy atom. The number of fused-ring (bicyclic) bond motifs is 1. The Morgan fingerprint density at radius 3 is 2.30 bits per heavy atom. The Hall–Kier alpha value is -2.09. The van der Waals surface area contributed by atoms with Crippen molar-refractivity contribution in [2.75, 3.05) is 19.0 Å². The molecule has 1 heterocycles. The molecule has 0 amide bonds. The van der Waals surface area contributed by atoms with Gasteiger partial charge in [0.2, 0.25) is 5.43 Å². The maximum atomic E-state index is 14.1. The molecule has 1 aromatic heterocycles. The van der Waals surface area contributed by atoms with Gasteiger partial charge in [-0.05, 0) is 0 Å². The average Bonchev–Trinajstić information content (AvgIpc) is 2.35. The van der Waals surface area contributed by atoms with Crippen molar-refractivity contribution in [3.05, 3.63) is 38.6 Å². The molecule has 0 aliphatic heterocycles. The van der Waals surface area contributed by atoms with Crippen LogP contribution in [0.5, 0.6) is 0 Å². The lowest BCUT2D eigenvalue weighted by molar-refractivity contribution is 0.0696. The van der Waals surface area contributed by atoms with Gasteiger partial charge in [0.15, 0.2) is 17.5 Å². The summed E-state index contributed by atoms with van der Waals surface area (Å²) >= 11 is 0.538. The molecule has 20 heavy (non-hydrogen) atoms. The molecule has 106 valence electrons. The van der Waals surface area contributed by atoms with Crippen molar-refractivity contribution in [3.8, 4) is 0 Å². The van der Waals surface area contributed by atoms with Crippen molar-refractivity contribution in [2.24, 2.45) is 0 Å². The lowest BCUT2D eigenvalue weighted by Crippen LogP contribution is -2.19. The van der Waals surface area contributed by atoms with Crippen LogP contribution in [0.15, 0.2) is 10.2 Å². The van der Waals surface area contributed by atoms with Gasteiger partial charge in [-0.25, -0.2) is 18.0 Å². The summed E-state index contributed by atoms with van der Waals surface area (Å²) in [5.41, 5.74) is -2.58. The number of carbonyl (C=O) groups is 1. The first-order valence-corrected chi connectivity index (χ1v) is 6.17. The van der Waals surface area contributed by atoms with Crippen molar-refractivity contribution in [3.63, 3.8) is 0 Å². The molecule has 1 N–H and O–H groups in total. The summed E-state index contributed by atoms with van der Waals surface area (Å²) in [7, 11) is 2.64. The first kappa shape index (κ1) is 14.3. The maximum Gasteiger partial charge on any atom is 0.340 e. The van der Waals surface area contributed by atoms with Gasteiger partial charge in [-0.3, -0.25) is 4.79 Å². The van der Waals surface area contributed by atoms with Crippen molar-refractivity contribution in [1.82, 2.24) is 0 Å². The smallest absolute Gasteiger partial charge is 0.340 e. The maximum absolute atomic E-state index is 14.1. The van der Waals surface area contributed by atoms with Gasteiger partial charge < -0.3 is 10.0 Å². The van der Waals surface area contributed by atoms with E-state index in [2.05, 4.69) is 0 Å². The Balaban J connectivity index is 3.04. The van der Waals surface area contributed by atoms with Crippen LogP contribution >= 0.6 is 11.3 Å². The van der Waals surface area contributed by atoms with Gasteiger partial charge in [-0.1, -0.05) is 0 Å². The van der Waals surface area contributed by atoms with Crippen molar-refractivity contribution in [2.45, 2.75) is 0 Å². The third-order valence-electron chi connectivity index (χ3n) is 2.70. The predicted octanol–water partition coefficient (Wildman–Crippen LogP) is 2.44. The molecule has 0 unspecified atom stereocenters. The van der Waals surface area contributed by atoms with Crippen LogP contribution in [0.25, 0.3) is 10.1 Å². The topological polar surface area (TPSA) is 57.6 Å². The number of hydrogen-bond acceptors (Lipinski definition) is 4. The summed E-state index contributed by atoms with van der Waals surface area (Å²) < 4.78 is 41.5. The van der Waals surface area contributed by atoms with Crippen LogP contribution in [0.2, 0.25) is 0 Å². The normalized spacial score (nSPS) is 10.8. The summed E-state index contributed by atoms with van der Waals surface area (Å²) in [5.74, 6) is -5.74. The zero-order chi connectivity index (χ0) is 15.2. The van der Waals surface area contributed by atoms with E-state index < -0.39 is 50.2 Å². The lowest BCUT2D eigenvalue weighted by atomic mass is 10.1. The predicted molar refractivity (Wildman–Crippen MR) is 69.3 cm³/mol. The van der Waals surface area contributed by atoms with Gasteiger partial charge in [0.25, 0.3) is 0 Å². The summed E-state index contributed by atoms with van der Waals surface area (Å²) in [6.45, 7) is 0. The first-order valence-electron chi connectivity index (χ1n) is 5.30. The van der Waals surface area contributed by atoms with Gasteiger partial charge >= 0.3 is 5.97 Å². The molecule has 8 heteroatoms. The summed E-state index contributed by atoms with van der Waals surface area (Å²) in [6, 6.07) is 0. The van der Waals surface area contributed by atoms with E-state index in [-0.39, 0.29) is 0 Å². The SMILES string of the molecule is CN(C)c1c(F)c(F)c2c(=O)c(C(=O)O)csc2c1F. The number of benzene rings is 1. The van der Waals surface area contributed by atoms with E-state index in [1.54, 1.807) is 0 Å². The minimum atomic E-state index is -1.58. The highest BCUT2D eigenvalue weighted by atomic mass is 32.1. The van der Waals surface area contributed by atoms with E-state index in [4.69, 9.17) is 5.11 Å². The fourth-order valence-electron chi connectivity index (χ4n) is 1.79. The van der Waals surface area contributed by atoms with Gasteiger partial charge in [-0.2, -0.15) is 0 Å². The van der Waals surface area contributed by atoms with E-state index >= 15 is 0 Å². The average molecular weight is 303 g/mol.